The molecule has 0 fully saturated rings. The van der Waals surface area contributed by atoms with Crippen molar-refractivity contribution in [1.29, 1.82) is 0 Å². The molecule has 112 valence electrons. The summed E-state index contributed by atoms with van der Waals surface area (Å²) in [7, 11) is 0. The lowest BCUT2D eigenvalue weighted by Crippen LogP contribution is -2.53. The molecule has 0 radical (unpaired) electrons. The first-order valence-corrected chi connectivity index (χ1v) is 7.32. The third kappa shape index (κ3) is 3.37. The van der Waals surface area contributed by atoms with Crippen LogP contribution in [0.2, 0.25) is 0 Å². The third-order valence-corrected chi connectivity index (χ3v) is 4.09. The van der Waals surface area contributed by atoms with Crippen LogP contribution >= 0.6 is 0 Å². The molecule has 6 nitrogen and oxygen atoms in total. The van der Waals surface area contributed by atoms with Gasteiger partial charge < -0.3 is 15.6 Å². The number of hydrogen-bond donors (Lipinski definition) is 2. The van der Waals surface area contributed by atoms with Gasteiger partial charge >= 0.3 is 0 Å². The average Bonchev–Trinajstić information content (AvgIpc) is 2.86. The maximum Gasteiger partial charge on any atom is 0.237 e. The summed E-state index contributed by atoms with van der Waals surface area (Å²) in [4.78, 5) is 18.3. The smallest absolute Gasteiger partial charge is 0.237 e. The molecule has 1 aliphatic rings. The predicted molar refractivity (Wildman–Crippen MR) is 78.0 cm³/mol. The van der Waals surface area contributed by atoms with Gasteiger partial charge in [0.05, 0.1) is 12.1 Å². The van der Waals surface area contributed by atoms with Gasteiger partial charge in [-0.25, -0.2) is 4.98 Å². The number of primary amides is 1. The topological polar surface area (TPSA) is 76.2 Å². The second kappa shape index (κ2) is 6.37. The molecule has 1 unspecified atom stereocenters. The molecular formula is C14H25N5O. The highest BCUT2D eigenvalue weighted by Gasteiger charge is 2.29. The first-order chi connectivity index (χ1) is 9.55. The zero-order valence-corrected chi connectivity index (χ0v) is 12.4. The minimum absolute atomic E-state index is 0.270. The number of fused-ring (bicyclic) bond motifs is 1. The Morgan fingerprint density at radius 3 is 3.05 bits per heavy atom. The van der Waals surface area contributed by atoms with Crippen molar-refractivity contribution in [3.05, 3.63) is 18.2 Å². The number of likely N-dealkylation sites (N-methyl/N-ethyl adjacent to an activating group) is 1. The van der Waals surface area contributed by atoms with Crippen molar-refractivity contribution in [2.75, 3.05) is 19.6 Å². The molecule has 0 saturated heterocycles. The molecule has 0 bridgehead atoms. The lowest BCUT2D eigenvalue weighted by Gasteiger charge is -2.30. The molecule has 0 aromatic carbocycles. The van der Waals surface area contributed by atoms with Gasteiger partial charge in [0.2, 0.25) is 5.91 Å². The molecule has 1 aromatic heterocycles. The van der Waals surface area contributed by atoms with E-state index in [4.69, 9.17) is 5.73 Å². The Hall–Kier alpha value is -1.40. The zero-order valence-electron chi connectivity index (χ0n) is 12.4. The minimum atomic E-state index is -0.594. The van der Waals surface area contributed by atoms with E-state index < -0.39 is 5.54 Å². The monoisotopic (exact) mass is 279 g/mol. The Labute approximate surface area is 120 Å². The first kappa shape index (κ1) is 15.0. The predicted octanol–water partition coefficient (Wildman–Crippen LogP) is 0.332. The molecule has 1 atom stereocenters. The van der Waals surface area contributed by atoms with Gasteiger partial charge in [0.15, 0.2) is 0 Å². The van der Waals surface area contributed by atoms with E-state index in [0.717, 1.165) is 51.4 Å². The molecule has 1 aliphatic heterocycles. The van der Waals surface area contributed by atoms with Crippen LogP contribution in [0, 0.1) is 0 Å². The number of carbonyl (C=O) groups is 1. The van der Waals surface area contributed by atoms with E-state index in [1.807, 2.05) is 26.2 Å². The molecule has 20 heavy (non-hydrogen) atoms. The van der Waals surface area contributed by atoms with Gasteiger partial charge in [0.25, 0.3) is 0 Å². The maximum atomic E-state index is 11.6. The van der Waals surface area contributed by atoms with Crippen molar-refractivity contribution in [1.82, 2.24) is 19.8 Å². The van der Waals surface area contributed by atoms with Gasteiger partial charge in [-0.2, -0.15) is 0 Å². The Bertz CT molecular complexity index is 458. The number of amides is 1. The normalized spacial score (nSPS) is 18.5. The summed E-state index contributed by atoms with van der Waals surface area (Å²) < 4.78 is 2.20. The van der Waals surface area contributed by atoms with Crippen LogP contribution < -0.4 is 11.1 Å². The Kier molecular flexibility index (Phi) is 4.77. The van der Waals surface area contributed by atoms with Crippen LogP contribution in [-0.2, 0) is 17.9 Å². The fourth-order valence-electron chi connectivity index (χ4n) is 2.76. The second-order valence-corrected chi connectivity index (χ2v) is 5.64. The van der Waals surface area contributed by atoms with Crippen molar-refractivity contribution in [2.45, 2.75) is 45.3 Å². The number of aromatic nitrogens is 2. The van der Waals surface area contributed by atoms with E-state index in [0.29, 0.717) is 0 Å². The van der Waals surface area contributed by atoms with Crippen LogP contribution in [0.5, 0.6) is 0 Å². The van der Waals surface area contributed by atoms with Gasteiger partial charge in [0, 0.05) is 25.5 Å². The Morgan fingerprint density at radius 1 is 1.55 bits per heavy atom. The van der Waals surface area contributed by atoms with Crippen LogP contribution in [0.25, 0.3) is 0 Å². The summed E-state index contributed by atoms with van der Waals surface area (Å²) in [6.07, 6.45) is 5.60. The molecular weight excluding hydrogens is 254 g/mol. The number of carbonyl (C=O) groups excluding carboxylic acids is 1. The van der Waals surface area contributed by atoms with E-state index in [1.54, 1.807) is 0 Å². The maximum absolute atomic E-state index is 11.6. The number of nitrogens with zero attached hydrogens (tertiary/aromatic N) is 3. The summed E-state index contributed by atoms with van der Waals surface area (Å²) in [5.41, 5.74) is 4.90. The average molecular weight is 279 g/mol. The highest BCUT2D eigenvalue weighted by Crippen LogP contribution is 2.15. The van der Waals surface area contributed by atoms with E-state index in [1.165, 1.54) is 0 Å². The van der Waals surface area contributed by atoms with Crippen molar-refractivity contribution < 1.29 is 4.79 Å². The summed E-state index contributed by atoms with van der Waals surface area (Å²) in [5.74, 6) is 0.856. The molecule has 2 heterocycles. The molecule has 0 spiro atoms. The third-order valence-electron chi connectivity index (χ3n) is 4.09. The molecule has 6 heteroatoms. The highest BCUT2D eigenvalue weighted by atomic mass is 16.1. The van der Waals surface area contributed by atoms with Gasteiger partial charge in [-0.15, -0.1) is 0 Å². The van der Waals surface area contributed by atoms with E-state index >= 15 is 0 Å². The number of hydrogen-bond acceptors (Lipinski definition) is 4. The van der Waals surface area contributed by atoms with Gasteiger partial charge in [-0.1, -0.05) is 6.92 Å². The Morgan fingerprint density at radius 2 is 2.35 bits per heavy atom. The van der Waals surface area contributed by atoms with Crippen molar-refractivity contribution in [3.8, 4) is 0 Å². The second-order valence-electron chi connectivity index (χ2n) is 5.64. The molecule has 3 N–H and O–H groups in total. The fraction of sp³-hybridized carbons (Fsp3) is 0.714. The SMILES string of the molecule is CCNC(C)(CCCN1CCn2ccnc2C1)C(N)=O. The van der Waals surface area contributed by atoms with Crippen LogP contribution in [0.1, 0.15) is 32.5 Å². The lowest BCUT2D eigenvalue weighted by molar-refractivity contribution is -0.124. The standard InChI is InChI=1S/C14H25N5O/c1-3-17-14(2,13(15)20)5-4-7-18-9-10-19-8-6-16-12(19)11-18/h6,8,17H,3-5,7,9-11H2,1-2H3,(H2,15,20). The van der Waals surface area contributed by atoms with Crippen LogP contribution in [0.4, 0.5) is 0 Å². The number of nitrogens with one attached hydrogen (secondary N) is 1. The largest absolute Gasteiger partial charge is 0.368 e. The van der Waals surface area contributed by atoms with Crippen molar-refractivity contribution in [2.24, 2.45) is 5.73 Å². The summed E-state index contributed by atoms with van der Waals surface area (Å²) >= 11 is 0. The molecule has 1 aromatic rings. The summed E-state index contributed by atoms with van der Waals surface area (Å²) in [6, 6.07) is 0. The lowest BCUT2D eigenvalue weighted by atomic mass is 9.94. The number of rotatable bonds is 7. The van der Waals surface area contributed by atoms with Gasteiger partial charge in [-0.05, 0) is 32.9 Å². The van der Waals surface area contributed by atoms with Gasteiger partial charge in [0.1, 0.15) is 5.82 Å². The highest BCUT2D eigenvalue weighted by molar-refractivity contribution is 5.84. The van der Waals surface area contributed by atoms with Crippen molar-refractivity contribution in [3.63, 3.8) is 0 Å². The van der Waals surface area contributed by atoms with E-state index in [9.17, 15) is 4.79 Å². The summed E-state index contributed by atoms with van der Waals surface area (Å²) in [5, 5.41) is 3.20. The molecule has 1 amide bonds. The fourth-order valence-corrected chi connectivity index (χ4v) is 2.76. The zero-order chi connectivity index (χ0) is 14.6. The van der Waals surface area contributed by atoms with Crippen LogP contribution in [0.3, 0.4) is 0 Å². The molecule has 0 saturated carbocycles. The van der Waals surface area contributed by atoms with Crippen molar-refractivity contribution >= 4 is 5.91 Å². The van der Waals surface area contributed by atoms with Crippen LogP contribution in [0.15, 0.2) is 12.4 Å². The summed E-state index contributed by atoms with van der Waals surface area (Å²) in [6.45, 7) is 8.53. The van der Waals surface area contributed by atoms with E-state index in [2.05, 4.69) is 19.8 Å². The molecule has 0 aliphatic carbocycles. The first-order valence-electron chi connectivity index (χ1n) is 7.32. The number of imidazole rings is 1. The quantitative estimate of drug-likeness (QED) is 0.754. The number of nitrogens with two attached hydrogens (primary N) is 1. The van der Waals surface area contributed by atoms with E-state index in [-0.39, 0.29) is 5.91 Å². The Balaban J connectivity index is 1.80. The van der Waals surface area contributed by atoms with Crippen LogP contribution in [-0.4, -0.2) is 45.5 Å². The van der Waals surface area contributed by atoms with Gasteiger partial charge in [-0.3, -0.25) is 9.69 Å². The minimum Gasteiger partial charge on any atom is -0.368 e. The molecule has 2 rings (SSSR count).